The second kappa shape index (κ2) is 12.0. The number of aromatic nitrogens is 4. The largest absolute Gasteiger partial charge is 0.458 e. The van der Waals surface area contributed by atoms with Gasteiger partial charge in [0.05, 0.1) is 13.2 Å². The SMILES string of the molecule is Cc1ccc(-c2nnn(CC(=O)N(CCCN3CCOCC3)C(C(=O)NC(C)(C)C)c3cccs3)n2)o1. The van der Waals surface area contributed by atoms with Gasteiger partial charge in [-0.2, -0.15) is 4.80 Å². The molecule has 1 saturated heterocycles. The lowest BCUT2D eigenvalue weighted by Crippen LogP contribution is -2.50. The summed E-state index contributed by atoms with van der Waals surface area (Å²) in [5, 5.41) is 17.4. The summed E-state index contributed by atoms with van der Waals surface area (Å²) >= 11 is 1.46. The van der Waals surface area contributed by atoms with E-state index in [0.29, 0.717) is 31.3 Å². The molecular formula is C25H35N7O4S. The Balaban J connectivity index is 1.54. The summed E-state index contributed by atoms with van der Waals surface area (Å²) in [6.45, 7) is 11.9. The second-order valence-corrected chi connectivity index (χ2v) is 11.1. The van der Waals surface area contributed by atoms with Gasteiger partial charge in [-0.3, -0.25) is 14.5 Å². The van der Waals surface area contributed by atoms with Crippen LogP contribution in [0.3, 0.4) is 0 Å². The van der Waals surface area contributed by atoms with Crippen LogP contribution in [0.5, 0.6) is 0 Å². The summed E-state index contributed by atoms with van der Waals surface area (Å²) in [5.74, 6) is 1.05. The average molecular weight is 530 g/mol. The number of nitrogens with one attached hydrogen (secondary N) is 1. The van der Waals surface area contributed by atoms with E-state index in [4.69, 9.17) is 9.15 Å². The van der Waals surface area contributed by atoms with Crippen LogP contribution in [0.2, 0.25) is 0 Å². The number of morpholine rings is 1. The zero-order valence-corrected chi connectivity index (χ0v) is 22.7. The van der Waals surface area contributed by atoms with Gasteiger partial charge in [-0.05, 0) is 62.9 Å². The third-order valence-electron chi connectivity index (χ3n) is 5.86. The lowest BCUT2D eigenvalue weighted by atomic mass is 10.1. The fourth-order valence-corrected chi connectivity index (χ4v) is 5.01. The summed E-state index contributed by atoms with van der Waals surface area (Å²) in [5.41, 5.74) is -0.446. The van der Waals surface area contributed by atoms with Crippen molar-refractivity contribution >= 4 is 23.2 Å². The van der Waals surface area contributed by atoms with Gasteiger partial charge in [0.25, 0.3) is 0 Å². The van der Waals surface area contributed by atoms with E-state index in [1.165, 1.54) is 16.1 Å². The fraction of sp³-hybridized carbons (Fsp3) is 0.560. The van der Waals surface area contributed by atoms with E-state index in [9.17, 15) is 9.59 Å². The van der Waals surface area contributed by atoms with Crippen molar-refractivity contribution in [3.8, 4) is 11.6 Å². The maximum absolute atomic E-state index is 13.7. The highest BCUT2D eigenvalue weighted by atomic mass is 32.1. The standard InChI is InChI=1S/C25H35N7O4S/c1-18-8-9-19(36-18)23-27-29-32(28-23)17-21(33)31(11-6-10-30-12-14-35-15-13-30)22(20-7-5-16-37-20)24(34)26-25(2,3)4/h5,7-9,16,22H,6,10-15,17H2,1-4H3,(H,26,34). The van der Waals surface area contributed by atoms with Crippen LogP contribution in [0.4, 0.5) is 0 Å². The Morgan fingerprint density at radius 1 is 1.22 bits per heavy atom. The molecule has 0 radical (unpaired) electrons. The zero-order chi connectivity index (χ0) is 26.4. The number of rotatable bonds is 10. The van der Waals surface area contributed by atoms with E-state index >= 15 is 0 Å². The van der Waals surface area contributed by atoms with Gasteiger partial charge >= 0.3 is 0 Å². The Hall–Kier alpha value is -3.09. The Labute approximate surface area is 220 Å². The molecular weight excluding hydrogens is 494 g/mol. The number of thiophene rings is 1. The molecule has 4 heterocycles. The van der Waals surface area contributed by atoms with Gasteiger partial charge < -0.3 is 19.4 Å². The van der Waals surface area contributed by atoms with Gasteiger partial charge in [0.15, 0.2) is 5.76 Å². The molecule has 0 aromatic carbocycles. The lowest BCUT2D eigenvalue weighted by molar-refractivity contribution is -0.142. The third kappa shape index (κ3) is 7.46. The van der Waals surface area contributed by atoms with Crippen LogP contribution < -0.4 is 5.32 Å². The smallest absolute Gasteiger partial charge is 0.248 e. The number of ether oxygens (including phenoxy) is 1. The van der Waals surface area contributed by atoms with Gasteiger partial charge in [0.1, 0.15) is 18.3 Å². The van der Waals surface area contributed by atoms with Crippen molar-refractivity contribution in [2.24, 2.45) is 0 Å². The quantitative estimate of drug-likeness (QED) is 0.426. The molecule has 1 aliphatic rings. The molecule has 0 bridgehead atoms. The first kappa shape index (κ1) is 27.0. The molecule has 4 rings (SSSR count). The number of furan rings is 1. The average Bonchev–Trinajstić information content (AvgIpc) is 3.60. The van der Waals surface area contributed by atoms with Gasteiger partial charge in [-0.15, -0.1) is 21.5 Å². The number of nitrogens with zero attached hydrogens (tertiary/aromatic N) is 6. The summed E-state index contributed by atoms with van der Waals surface area (Å²) in [6, 6.07) is 6.61. The summed E-state index contributed by atoms with van der Waals surface area (Å²) < 4.78 is 11.0. The van der Waals surface area contributed by atoms with Crippen LogP contribution in [0.15, 0.2) is 34.1 Å². The minimum atomic E-state index is -0.757. The first-order valence-electron chi connectivity index (χ1n) is 12.5. The summed E-state index contributed by atoms with van der Waals surface area (Å²) in [6.07, 6.45) is 0.720. The number of carbonyl (C=O) groups is 2. The van der Waals surface area contributed by atoms with Gasteiger partial charge in [-0.25, -0.2) is 0 Å². The van der Waals surface area contributed by atoms with Crippen molar-refractivity contribution in [2.75, 3.05) is 39.4 Å². The van der Waals surface area contributed by atoms with Gasteiger partial charge in [0, 0.05) is 36.6 Å². The van der Waals surface area contributed by atoms with E-state index < -0.39 is 11.6 Å². The maximum Gasteiger partial charge on any atom is 0.248 e. The molecule has 200 valence electrons. The predicted octanol–water partition coefficient (Wildman–Crippen LogP) is 2.51. The first-order valence-corrected chi connectivity index (χ1v) is 13.4. The third-order valence-corrected chi connectivity index (χ3v) is 6.78. The van der Waals surface area contributed by atoms with Crippen LogP contribution in [-0.2, 0) is 20.9 Å². The Kier molecular flexibility index (Phi) is 8.72. The van der Waals surface area contributed by atoms with Crippen molar-refractivity contribution in [1.29, 1.82) is 0 Å². The molecule has 12 heteroatoms. The fourth-order valence-electron chi connectivity index (χ4n) is 4.17. The minimum absolute atomic E-state index is 0.144. The van der Waals surface area contributed by atoms with Crippen molar-refractivity contribution in [3.05, 3.63) is 40.3 Å². The van der Waals surface area contributed by atoms with Crippen molar-refractivity contribution in [3.63, 3.8) is 0 Å². The highest BCUT2D eigenvalue weighted by Gasteiger charge is 2.34. The zero-order valence-electron chi connectivity index (χ0n) is 21.8. The Bertz CT molecular complexity index is 1160. The molecule has 0 saturated carbocycles. The first-order chi connectivity index (χ1) is 17.7. The van der Waals surface area contributed by atoms with Crippen LogP contribution in [-0.4, -0.2) is 86.8 Å². The lowest BCUT2D eigenvalue weighted by Gasteiger charge is -2.34. The predicted molar refractivity (Wildman–Crippen MR) is 139 cm³/mol. The number of hydrogen-bond acceptors (Lipinski definition) is 9. The molecule has 1 atom stereocenters. The summed E-state index contributed by atoms with van der Waals surface area (Å²) in [4.78, 5) is 33.3. The number of aryl methyl sites for hydroxylation is 1. The van der Waals surface area contributed by atoms with E-state index in [0.717, 1.165) is 36.7 Å². The highest BCUT2D eigenvalue weighted by Crippen LogP contribution is 2.27. The van der Waals surface area contributed by atoms with Crippen LogP contribution in [0.25, 0.3) is 11.6 Å². The Morgan fingerprint density at radius 2 is 2.00 bits per heavy atom. The molecule has 1 unspecified atom stereocenters. The molecule has 11 nitrogen and oxygen atoms in total. The molecule has 1 N–H and O–H groups in total. The highest BCUT2D eigenvalue weighted by molar-refractivity contribution is 7.10. The molecule has 2 amide bonds. The molecule has 1 aliphatic heterocycles. The number of hydrogen-bond donors (Lipinski definition) is 1. The van der Waals surface area contributed by atoms with E-state index in [-0.39, 0.29) is 18.4 Å². The van der Waals surface area contributed by atoms with Crippen molar-refractivity contribution in [2.45, 2.75) is 52.2 Å². The van der Waals surface area contributed by atoms with E-state index in [1.807, 2.05) is 51.3 Å². The molecule has 1 fully saturated rings. The number of amides is 2. The van der Waals surface area contributed by atoms with Crippen molar-refractivity contribution < 1.29 is 18.7 Å². The molecule has 0 spiro atoms. The van der Waals surface area contributed by atoms with Crippen molar-refractivity contribution in [1.82, 2.24) is 35.3 Å². The van der Waals surface area contributed by atoms with Crippen LogP contribution in [0.1, 0.15) is 43.9 Å². The monoisotopic (exact) mass is 529 g/mol. The molecule has 0 aliphatic carbocycles. The number of carbonyl (C=O) groups excluding carboxylic acids is 2. The molecule has 37 heavy (non-hydrogen) atoms. The van der Waals surface area contributed by atoms with Gasteiger partial charge in [-0.1, -0.05) is 6.07 Å². The second-order valence-electron chi connectivity index (χ2n) is 10.1. The topological polar surface area (TPSA) is 119 Å². The van der Waals surface area contributed by atoms with Crippen LogP contribution >= 0.6 is 11.3 Å². The van der Waals surface area contributed by atoms with Gasteiger partial charge in [0.2, 0.25) is 17.6 Å². The molecule has 3 aromatic heterocycles. The number of tetrazole rings is 1. The molecule has 3 aromatic rings. The van der Waals surface area contributed by atoms with E-state index in [2.05, 4.69) is 25.6 Å². The van der Waals surface area contributed by atoms with Crippen LogP contribution in [0, 0.1) is 6.92 Å². The van der Waals surface area contributed by atoms with E-state index in [1.54, 1.807) is 11.0 Å². The summed E-state index contributed by atoms with van der Waals surface area (Å²) in [7, 11) is 0. The maximum atomic E-state index is 13.7. The Morgan fingerprint density at radius 3 is 2.65 bits per heavy atom. The normalized spacial score (nSPS) is 15.5. The minimum Gasteiger partial charge on any atom is -0.458 e.